The van der Waals surface area contributed by atoms with E-state index in [1.165, 1.54) is 0 Å². The van der Waals surface area contributed by atoms with E-state index in [9.17, 15) is 8.78 Å². The summed E-state index contributed by atoms with van der Waals surface area (Å²) in [7, 11) is 0. The van der Waals surface area contributed by atoms with Crippen LogP contribution in [0.5, 0.6) is 0 Å². The van der Waals surface area contributed by atoms with Crippen LogP contribution < -0.4 is 0 Å². The highest BCUT2D eigenvalue weighted by molar-refractivity contribution is 5.33. The molecule has 0 aromatic heterocycles. The van der Waals surface area contributed by atoms with E-state index in [2.05, 4.69) is 0 Å². The van der Waals surface area contributed by atoms with Crippen LogP contribution in [0.3, 0.4) is 0 Å². The summed E-state index contributed by atoms with van der Waals surface area (Å²) < 4.78 is 24.8. The maximum atomic E-state index is 12.4. The van der Waals surface area contributed by atoms with Crippen LogP contribution in [-0.2, 0) is 6.54 Å². The lowest BCUT2D eigenvalue weighted by molar-refractivity contribution is 0.0744. The molecule has 1 aromatic carbocycles. The number of hydrogen-bond donors (Lipinski definition) is 1. The summed E-state index contributed by atoms with van der Waals surface area (Å²) in [5.74, 6) is 0. The highest BCUT2D eigenvalue weighted by atomic mass is 19.3. The Morgan fingerprint density at radius 3 is 2.29 bits per heavy atom. The van der Waals surface area contributed by atoms with Crippen molar-refractivity contribution in [1.29, 1.82) is 0 Å². The molecule has 1 N–H and O–H groups in total. The van der Waals surface area contributed by atoms with Crippen LogP contribution in [0.1, 0.15) is 16.7 Å². The van der Waals surface area contributed by atoms with Crippen molar-refractivity contribution in [1.82, 2.24) is 4.90 Å². The molecular formula is C13H19F2NO. The highest BCUT2D eigenvalue weighted by Gasteiger charge is 2.14. The monoisotopic (exact) mass is 243 g/mol. The van der Waals surface area contributed by atoms with E-state index in [0.717, 1.165) is 16.7 Å². The minimum Gasteiger partial charge on any atom is -0.395 e. The predicted molar refractivity (Wildman–Crippen MR) is 64.3 cm³/mol. The van der Waals surface area contributed by atoms with Crippen molar-refractivity contribution in [2.75, 3.05) is 19.7 Å². The Hall–Kier alpha value is -1.00. The van der Waals surface area contributed by atoms with Crippen molar-refractivity contribution >= 4 is 0 Å². The first-order valence-corrected chi connectivity index (χ1v) is 5.71. The van der Waals surface area contributed by atoms with Crippen molar-refractivity contribution in [3.05, 3.63) is 34.9 Å². The molecule has 0 aliphatic rings. The molecule has 0 fully saturated rings. The van der Waals surface area contributed by atoms with Gasteiger partial charge < -0.3 is 5.11 Å². The van der Waals surface area contributed by atoms with E-state index in [-0.39, 0.29) is 19.7 Å². The van der Waals surface area contributed by atoms with E-state index >= 15 is 0 Å². The van der Waals surface area contributed by atoms with E-state index in [1.54, 1.807) is 4.90 Å². The molecule has 0 aliphatic heterocycles. The second-order valence-electron chi connectivity index (χ2n) is 4.22. The van der Waals surface area contributed by atoms with Crippen molar-refractivity contribution in [2.45, 2.75) is 26.8 Å². The highest BCUT2D eigenvalue weighted by Crippen LogP contribution is 2.16. The topological polar surface area (TPSA) is 23.5 Å². The molecule has 2 nitrogen and oxygen atoms in total. The summed E-state index contributed by atoms with van der Waals surface area (Å²) in [6.07, 6.45) is -2.37. The number of benzene rings is 1. The van der Waals surface area contributed by atoms with Gasteiger partial charge in [0, 0.05) is 13.1 Å². The second kappa shape index (κ2) is 6.67. The van der Waals surface area contributed by atoms with Gasteiger partial charge in [-0.1, -0.05) is 18.2 Å². The van der Waals surface area contributed by atoms with E-state index in [0.29, 0.717) is 6.54 Å². The molecule has 0 saturated heterocycles. The van der Waals surface area contributed by atoms with Crippen LogP contribution in [0.25, 0.3) is 0 Å². The van der Waals surface area contributed by atoms with Crippen molar-refractivity contribution < 1.29 is 13.9 Å². The standard InChI is InChI=1S/C13H19F2NO/c1-10-4-3-5-11(2)12(10)8-16(6-7-17)9-13(14)15/h3-5,13,17H,6-9H2,1-2H3. The Morgan fingerprint density at radius 1 is 1.24 bits per heavy atom. The van der Waals surface area contributed by atoms with Gasteiger partial charge in [0.1, 0.15) is 0 Å². The third-order valence-corrected chi connectivity index (χ3v) is 2.84. The fourth-order valence-electron chi connectivity index (χ4n) is 1.89. The van der Waals surface area contributed by atoms with Gasteiger partial charge in [-0.3, -0.25) is 4.90 Å². The molecule has 0 bridgehead atoms. The molecule has 0 amide bonds. The zero-order valence-corrected chi connectivity index (χ0v) is 10.3. The van der Waals surface area contributed by atoms with Gasteiger partial charge in [-0.15, -0.1) is 0 Å². The van der Waals surface area contributed by atoms with Gasteiger partial charge in [-0.25, -0.2) is 8.78 Å². The molecule has 17 heavy (non-hydrogen) atoms. The normalized spacial score (nSPS) is 11.5. The average Bonchev–Trinajstić information content (AvgIpc) is 2.23. The van der Waals surface area contributed by atoms with Gasteiger partial charge in [0.2, 0.25) is 0 Å². The first-order chi connectivity index (χ1) is 8.04. The Morgan fingerprint density at radius 2 is 1.82 bits per heavy atom. The maximum absolute atomic E-state index is 12.4. The van der Waals surface area contributed by atoms with Crippen LogP contribution in [-0.4, -0.2) is 36.1 Å². The number of alkyl halides is 2. The first-order valence-electron chi connectivity index (χ1n) is 5.71. The minimum absolute atomic E-state index is 0.0996. The van der Waals surface area contributed by atoms with Crippen LogP contribution in [0.2, 0.25) is 0 Å². The lowest BCUT2D eigenvalue weighted by Gasteiger charge is -2.23. The average molecular weight is 243 g/mol. The molecule has 1 aromatic rings. The number of aryl methyl sites for hydroxylation is 2. The van der Waals surface area contributed by atoms with Crippen LogP contribution in [0, 0.1) is 13.8 Å². The number of rotatable bonds is 6. The smallest absolute Gasteiger partial charge is 0.251 e. The van der Waals surface area contributed by atoms with Crippen LogP contribution in [0.15, 0.2) is 18.2 Å². The molecule has 96 valence electrons. The summed E-state index contributed by atoms with van der Waals surface area (Å²) in [6.45, 7) is 4.29. The van der Waals surface area contributed by atoms with Crippen molar-refractivity contribution in [3.63, 3.8) is 0 Å². The van der Waals surface area contributed by atoms with E-state index in [1.807, 2.05) is 32.0 Å². The second-order valence-corrected chi connectivity index (χ2v) is 4.22. The van der Waals surface area contributed by atoms with Gasteiger partial charge in [-0.05, 0) is 30.5 Å². The summed E-state index contributed by atoms with van der Waals surface area (Å²) >= 11 is 0. The molecule has 4 heteroatoms. The lowest BCUT2D eigenvalue weighted by Crippen LogP contribution is -2.31. The Balaban J connectivity index is 2.78. The molecule has 0 radical (unpaired) electrons. The summed E-state index contributed by atoms with van der Waals surface area (Å²) in [6, 6.07) is 5.90. The minimum atomic E-state index is -2.37. The van der Waals surface area contributed by atoms with Gasteiger partial charge >= 0.3 is 0 Å². The summed E-state index contributed by atoms with van der Waals surface area (Å²) in [5.41, 5.74) is 3.27. The number of aliphatic hydroxyl groups excluding tert-OH is 1. The van der Waals surface area contributed by atoms with E-state index < -0.39 is 6.43 Å². The molecule has 0 saturated carbocycles. The molecule has 0 aliphatic carbocycles. The third-order valence-electron chi connectivity index (χ3n) is 2.84. The van der Waals surface area contributed by atoms with Gasteiger partial charge in [0.25, 0.3) is 6.43 Å². The van der Waals surface area contributed by atoms with Gasteiger partial charge in [0.05, 0.1) is 13.2 Å². The molecule has 0 spiro atoms. The van der Waals surface area contributed by atoms with Gasteiger partial charge in [-0.2, -0.15) is 0 Å². The number of halogens is 2. The van der Waals surface area contributed by atoms with Gasteiger partial charge in [0.15, 0.2) is 0 Å². The summed E-state index contributed by atoms with van der Waals surface area (Å²) in [5, 5.41) is 8.88. The zero-order chi connectivity index (χ0) is 12.8. The Labute approximate surface area is 101 Å². The number of hydrogen-bond acceptors (Lipinski definition) is 2. The Bertz CT molecular complexity index is 335. The molecule has 0 atom stereocenters. The van der Waals surface area contributed by atoms with Crippen LogP contribution >= 0.6 is 0 Å². The maximum Gasteiger partial charge on any atom is 0.251 e. The molecule has 1 rings (SSSR count). The largest absolute Gasteiger partial charge is 0.395 e. The molecule has 0 unspecified atom stereocenters. The van der Waals surface area contributed by atoms with Crippen molar-refractivity contribution in [3.8, 4) is 0 Å². The summed E-state index contributed by atoms with van der Waals surface area (Å²) in [4.78, 5) is 1.58. The Kier molecular flexibility index (Phi) is 5.51. The lowest BCUT2D eigenvalue weighted by atomic mass is 10.0. The number of aliphatic hydroxyl groups is 1. The quantitative estimate of drug-likeness (QED) is 0.829. The SMILES string of the molecule is Cc1cccc(C)c1CN(CCO)CC(F)F. The third kappa shape index (κ3) is 4.40. The fraction of sp³-hybridized carbons (Fsp3) is 0.538. The first kappa shape index (κ1) is 14.1. The predicted octanol–water partition coefficient (Wildman–Crippen LogP) is 2.36. The molecule has 0 heterocycles. The van der Waals surface area contributed by atoms with Crippen molar-refractivity contribution in [2.24, 2.45) is 0 Å². The number of nitrogens with zero attached hydrogens (tertiary/aromatic N) is 1. The zero-order valence-electron chi connectivity index (χ0n) is 10.3. The van der Waals surface area contributed by atoms with E-state index in [4.69, 9.17) is 5.11 Å². The van der Waals surface area contributed by atoms with Crippen LogP contribution in [0.4, 0.5) is 8.78 Å². The fourth-order valence-corrected chi connectivity index (χ4v) is 1.89. The molecular weight excluding hydrogens is 224 g/mol.